The monoisotopic (exact) mass is 334 g/mol. The summed E-state index contributed by atoms with van der Waals surface area (Å²) < 4.78 is 6.22. The topological polar surface area (TPSA) is 47.3 Å². The number of hydrogen-bond acceptors (Lipinski definition) is 3. The molecule has 1 atom stereocenters. The van der Waals surface area contributed by atoms with Gasteiger partial charge in [0.2, 0.25) is 0 Å². The van der Waals surface area contributed by atoms with Crippen LogP contribution in [-0.2, 0) is 6.54 Å². The number of benzene rings is 2. The summed E-state index contributed by atoms with van der Waals surface area (Å²) in [6.45, 7) is 1.34. The van der Waals surface area contributed by atoms with Gasteiger partial charge in [0.1, 0.15) is 5.75 Å². The fourth-order valence-corrected chi connectivity index (χ4v) is 2.46. The van der Waals surface area contributed by atoms with E-state index in [1.807, 2.05) is 24.3 Å². The number of rotatable bonds is 6. The van der Waals surface area contributed by atoms with Gasteiger partial charge in [-0.15, -0.1) is 0 Å². The van der Waals surface area contributed by atoms with E-state index in [1.54, 1.807) is 7.11 Å². The van der Waals surface area contributed by atoms with Crippen molar-refractivity contribution in [2.24, 2.45) is 5.73 Å². The first-order valence-corrected chi connectivity index (χ1v) is 7.34. The van der Waals surface area contributed by atoms with Crippen LogP contribution < -0.4 is 15.8 Å². The zero-order valence-corrected chi connectivity index (χ0v) is 13.1. The van der Waals surface area contributed by atoms with Gasteiger partial charge >= 0.3 is 0 Å². The van der Waals surface area contributed by atoms with E-state index in [0.29, 0.717) is 6.54 Å². The van der Waals surface area contributed by atoms with Crippen molar-refractivity contribution in [1.29, 1.82) is 0 Å². The van der Waals surface area contributed by atoms with Crippen molar-refractivity contribution >= 4 is 15.9 Å². The Morgan fingerprint density at radius 2 is 1.95 bits per heavy atom. The molecule has 0 fully saturated rings. The SMILES string of the molecule is COc1ccc(CNC(CN)c2cccc(Br)c2)cc1. The van der Waals surface area contributed by atoms with Crippen molar-refractivity contribution < 1.29 is 4.74 Å². The maximum atomic E-state index is 5.87. The minimum absolute atomic E-state index is 0.148. The Bertz CT molecular complexity index is 542. The Labute approximate surface area is 128 Å². The van der Waals surface area contributed by atoms with Gasteiger partial charge in [-0.25, -0.2) is 0 Å². The van der Waals surface area contributed by atoms with Crippen LogP contribution in [0.3, 0.4) is 0 Å². The van der Waals surface area contributed by atoms with E-state index in [9.17, 15) is 0 Å². The van der Waals surface area contributed by atoms with Gasteiger partial charge in [-0.1, -0.05) is 40.2 Å². The molecule has 0 heterocycles. The smallest absolute Gasteiger partial charge is 0.118 e. The van der Waals surface area contributed by atoms with Gasteiger partial charge in [-0.3, -0.25) is 0 Å². The number of nitrogens with one attached hydrogen (secondary N) is 1. The Balaban J connectivity index is 1.99. The van der Waals surface area contributed by atoms with Crippen LogP contribution in [0.2, 0.25) is 0 Å². The van der Waals surface area contributed by atoms with Crippen LogP contribution in [0.15, 0.2) is 53.0 Å². The first-order valence-electron chi connectivity index (χ1n) is 6.55. The Morgan fingerprint density at radius 3 is 2.55 bits per heavy atom. The highest BCUT2D eigenvalue weighted by Gasteiger charge is 2.09. The van der Waals surface area contributed by atoms with Gasteiger partial charge in [0.15, 0.2) is 0 Å². The Kier molecular flexibility index (Phi) is 5.59. The number of methoxy groups -OCH3 is 1. The molecular weight excluding hydrogens is 316 g/mol. The molecule has 0 amide bonds. The van der Waals surface area contributed by atoms with Crippen molar-refractivity contribution in [3.8, 4) is 5.75 Å². The molecule has 2 aromatic rings. The van der Waals surface area contributed by atoms with Gasteiger partial charge in [0.05, 0.1) is 7.11 Å². The number of nitrogens with two attached hydrogens (primary N) is 1. The van der Waals surface area contributed by atoms with Crippen LogP contribution in [0.5, 0.6) is 5.75 Å². The molecule has 3 nitrogen and oxygen atoms in total. The fourth-order valence-electron chi connectivity index (χ4n) is 2.05. The summed E-state index contributed by atoms with van der Waals surface area (Å²) in [5.41, 5.74) is 8.26. The first-order chi connectivity index (χ1) is 9.72. The summed E-state index contributed by atoms with van der Waals surface area (Å²) in [6, 6.07) is 16.4. The highest BCUT2D eigenvalue weighted by atomic mass is 79.9. The summed E-state index contributed by atoms with van der Waals surface area (Å²) >= 11 is 3.49. The molecule has 106 valence electrons. The van der Waals surface area contributed by atoms with Gasteiger partial charge in [0, 0.05) is 23.6 Å². The molecule has 0 bridgehead atoms. The minimum atomic E-state index is 0.148. The third kappa shape index (κ3) is 4.07. The molecule has 4 heteroatoms. The van der Waals surface area contributed by atoms with Crippen LogP contribution in [0.4, 0.5) is 0 Å². The molecule has 0 saturated heterocycles. The lowest BCUT2D eigenvalue weighted by atomic mass is 10.1. The second-order valence-corrected chi connectivity index (χ2v) is 5.49. The quantitative estimate of drug-likeness (QED) is 0.852. The van der Waals surface area contributed by atoms with Crippen LogP contribution in [0, 0.1) is 0 Å². The van der Waals surface area contributed by atoms with Gasteiger partial charge in [-0.2, -0.15) is 0 Å². The molecule has 20 heavy (non-hydrogen) atoms. The molecule has 0 spiro atoms. The summed E-state index contributed by atoms with van der Waals surface area (Å²) in [4.78, 5) is 0. The average molecular weight is 335 g/mol. The predicted octanol–water partition coefficient (Wildman–Crippen LogP) is 3.25. The highest BCUT2D eigenvalue weighted by Crippen LogP contribution is 2.18. The third-order valence-electron chi connectivity index (χ3n) is 3.20. The predicted molar refractivity (Wildman–Crippen MR) is 85.8 cm³/mol. The van der Waals surface area contributed by atoms with Gasteiger partial charge in [-0.05, 0) is 35.4 Å². The molecule has 0 aliphatic heterocycles. The van der Waals surface area contributed by atoms with E-state index in [4.69, 9.17) is 10.5 Å². The molecule has 2 aromatic carbocycles. The standard InChI is InChI=1S/C16H19BrN2O/c1-20-15-7-5-12(6-8-15)11-19-16(10-18)13-3-2-4-14(17)9-13/h2-9,16,19H,10-11,18H2,1H3. The van der Waals surface area contributed by atoms with E-state index < -0.39 is 0 Å². The highest BCUT2D eigenvalue weighted by molar-refractivity contribution is 9.10. The van der Waals surface area contributed by atoms with E-state index in [0.717, 1.165) is 16.8 Å². The summed E-state index contributed by atoms with van der Waals surface area (Å²) in [5, 5.41) is 3.48. The molecular formula is C16H19BrN2O. The minimum Gasteiger partial charge on any atom is -0.497 e. The lowest BCUT2D eigenvalue weighted by molar-refractivity contribution is 0.414. The number of ether oxygens (including phenoxy) is 1. The summed E-state index contributed by atoms with van der Waals surface area (Å²) in [6.07, 6.45) is 0. The van der Waals surface area contributed by atoms with Crippen LogP contribution in [0.1, 0.15) is 17.2 Å². The number of hydrogen-bond donors (Lipinski definition) is 2. The third-order valence-corrected chi connectivity index (χ3v) is 3.69. The second-order valence-electron chi connectivity index (χ2n) is 4.57. The average Bonchev–Trinajstić information content (AvgIpc) is 2.48. The van der Waals surface area contributed by atoms with Crippen molar-refractivity contribution in [1.82, 2.24) is 5.32 Å². The van der Waals surface area contributed by atoms with Crippen molar-refractivity contribution in [3.05, 3.63) is 64.1 Å². The molecule has 0 aliphatic rings. The molecule has 2 rings (SSSR count). The molecule has 3 N–H and O–H groups in total. The lowest BCUT2D eigenvalue weighted by Crippen LogP contribution is -2.27. The normalized spacial score (nSPS) is 12.2. The van der Waals surface area contributed by atoms with Gasteiger partial charge < -0.3 is 15.8 Å². The largest absolute Gasteiger partial charge is 0.497 e. The Hall–Kier alpha value is -1.36. The molecule has 0 aliphatic carbocycles. The van der Waals surface area contributed by atoms with E-state index in [2.05, 4.69) is 45.5 Å². The van der Waals surface area contributed by atoms with Crippen molar-refractivity contribution in [2.75, 3.05) is 13.7 Å². The zero-order chi connectivity index (χ0) is 14.4. The molecule has 1 unspecified atom stereocenters. The van der Waals surface area contributed by atoms with Crippen LogP contribution in [0.25, 0.3) is 0 Å². The van der Waals surface area contributed by atoms with E-state index >= 15 is 0 Å². The molecule has 0 aromatic heterocycles. The van der Waals surface area contributed by atoms with E-state index in [-0.39, 0.29) is 6.04 Å². The van der Waals surface area contributed by atoms with Gasteiger partial charge in [0.25, 0.3) is 0 Å². The maximum absolute atomic E-state index is 5.87. The van der Waals surface area contributed by atoms with Crippen LogP contribution >= 0.6 is 15.9 Å². The second kappa shape index (κ2) is 7.43. The maximum Gasteiger partial charge on any atom is 0.118 e. The van der Waals surface area contributed by atoms with E-state index in [1.165, 1.54) is 11.1 Å². The number of halogens is 1. The summed E-state index contributed by atoms with van der Waals surface area (Å²) in [5.74, 6) is 0.871. The molecule has 0 saturated carbocycles. The van der Waals surface area contributed by atoms with Crippen LogP contribution in [-0.4, -0.2) is 13.7 Å². The Morgan fingerprint density at radius 1 is 1.20 bits per heavy atom. The molecule has 0 radical (unpaired) electrons. The van der Waals surface area contributed by atoms with Crippen molar-refractivity contribution in [3.63, 3.8) is 0 Å². The summed E-state index contributed by atoms with van der Waals surface area (Å²) in [7, 11) is 1.67. The first kappa shape index (κ1) is 15.0. The fraction of sp³-hybridized carbons (Fsp3) is 0.250. The lowest BCUT2D eigenvalue weighted by Gasteiger charge is -2.17. The zero-order valence-electron chi connectivity index (χ0n) is 11.5. The van der Waals surface area contributed by atoms with Crippen molar-refractivity contribution in [2.45, 2.75) is 12.6 Å².